The van der Waals surface area contributed by atoms with E-state index in [1.807, 2.05) is 56.3 Å². The molecule has 0 saturated heterocycles. The van der Waals surface area contributed by atoms with Crippen LogP contribution in [0.1, 0.15) is 34.5 Å². The predicted octanol–water partition coefficient (Wildman–Crippen LogP) is 4.84. The third-order valence-corrected chi connectivity index (χ3v) is 6.68. The molecule has 2 N–H and O–H groups in total. The summed E-state index contributed by atoms with van der Waals surface area (Å²) in [5.74, 6) is -0.273. The van der Waals surface area contributed by atoms with Crippen molar-refractivity contribution in [3.8, 4) is 0 Å². The number of rotatable bonds is 6. The minimum atomic E-state index is -3.80. The number of amides is 1. The highest BCUT2D eigenvalue weighted by atomic mass is 32.2. The summed E-state index contributed by atoms with van der Waals surface area (Å²) in [6.45, 7) is 3.75. The number of fused-ring (bicyclic) bond motifs is 1. The Labute approximate surface area is 187 Å². The number of nitrogens with one attached hydrogen (secondary N) is 2. The molecular formula is C25H23N3O3S. The van der Waals surface area contributed by atoms with Gasteiger partial charge in [-0.15, -0.1) is 0 Å². The van der Waals surface area contributed by atoms with Crippen LogP contribution in [0.3, 0.4) is 0 Å². The van der Waals surface area contributed by atoms with E-state index >= 15 is 0 Å². The monoisotopic (exact) mass is 445 g/mol. The lowest BCUT2D eigenvalue weighted by molar-refractivity contribution is 0.0939. The lowest BCUT2D eigenvalue weighted by Crippen LogP contribution is -2.27. The molecule has 7 heteroatoms. The summed E-state index contributed by atoms with van der Waals surface area (Å²) in [6, 6.07) is 21.7. The van der Waals surface area contributed by atoms with Gasteiger partial charge in [0.15, 0.2) is 0 Å². The average molecular weight is 446 g/mol. The van der Waals surface area contributed by atoms with Gasteiger partial charge in [0, 0.05) is 23.6 Å². The first-order valence-corrected chi connectivity index (χ1v) is 11.7. The number of benzene rings is 3. The molecule has 1 aromatic heterocycles. The number of pyridine rings is 1. The minimum Gasteiger partial charge on any atom is -0.345 e. The van der Waals surface area contributed by atoms with Crippen LogP contribution in [0.5, 0.6) is 0 Å². The number of nitrogens with zero attached hydrogens (tertiary/aromatic N) is 1. The Kier molecular flexibility index (Phi) is 5.92. The Balaban J connectivity index is 1.57. The van der Waals surface area contributed by atoms with E-state index in [9.17, 15) is 13.2 Å². The van der Waals surface area contributed by atoms with E-state index in [4.69, 9.17) is 0 Å². The molecule has 32 heavy (non-hydrogen) atoms. The fourth-order valence-electron chi connectivity index (χ4n) is 3.63. The maximum Gasteiger partial charge on any atom is 0.263 e. The summed E-state index contributed by atoms with van der Waals surface area (Å²) in [4.78, 5) is 17.0. The van der Waals surface area contributed by atoms with Gasteiger partial charge in [-0.1, -0.05) is 48.5 Å². The lowest BCUT2D eigenvalue weighted by atomic mass is 9.99. The van der Waals surface area contributed by atoms with Crippen LogP contribution in [-0.4, -0.2) is 19.3 Å². The van der Waals surface area contributed by atoms with E-state index in [1.54, 1.807) is 24.3 Å². The molecule has 0 aliphatic carbocycles. The van der Waals surface area contributed by atoms with Crippen LogP contribution in [0.2, 0.25) is 0 Å². The molecule has 4 rings (SSSR count). The number of aryl methyl sites for hydroxylation is 1. The van der Waals surface area contributed by atoms with Gasteiger partial charge in [-0.3, -0.25) is 14.5 Å². The molecule has 0 bridgehead atoms. The second kappa shape index (κ2) is 8.80. The van der Waals surface area contributed by atoms with Crippen LogP contribution < -0.4 is 10.0 Å². The number of carbonyl (C=O) groups is 1. The maximum atomic E-state index is 13.1. The van der Waals surface area contributed by atoms with Crippen LogP contribution >= 0.6 is 0 Å². The molecule has 0 unspecified atom stereocenters. The van der Waals surface area contributed by atoms with Gasteiger partial charge in [0.05, 0.1) is 6.04 Å². The van der Waals surface area contributed by atoms with Gasteiger partial charge in [0.1, 0.15) is 4.90 Å². The third kappa shape index (κ3) is 4.48. The van der Waals surface area contributed by atoms with Crippen molar-refractivity contribution in [2.75, 3.05) is 4.72 Å². The van der Waals surface area contributed by atoms with Gasteiger partial charge in [-0.25, -0.2) is 8.42 Å². The van der Waals surface area contributed by atoms with Gasteiger partial charge >= 0.3 is 0 Å². The molecule has 0 saturated carbocycles. The quantitative estimate of drug-likeness (QED) is 0.445. The van der Waals surface area contributed by atoms with Crippen molar-refractivity contribution >= 4 is 32.4 Å². The predicted molar refractivity (Wildman–Crippen MR) is 126 cm³/mol. The number of carbonyl (C=O) groups excluding carboxylic acids is 1. The summed E-state index contributed by atoms with van der Waals surface area (Å²) >= 11 is 0. The van der Waals surface area contributed by atoms with Crippen molar-refractivity contribution < 1.29 is 13.2 Å². The molecule has 162 valence electrons. The summed E-state index contributed by atoms with van der Waals surface area (Å²) in [6.07, 6.45) is 2.78. The SMILES string of the molecule is Cc1ccc(NS(=O)(=O)c2cccnc2)cc1C(=O)N[C@H](C)c1cccc2ccccc12. The van der Waals surface area contributed by atoms with Crippen LogP contribution in [0.25, 0.3) is 10.8 Å². The number of hydrogen-bond donors (Lipinski definition) is 2. The zero-order chi connectivity index (χ0) is 22.7. The first kappa shape index (κ1) is 21.5. The van der Waals surface area contributed by atoms with E-state index in [1.165, 1.54) is 18.5 Å². The highest BCUT2D eigenvalue weighted by molar-refractivity contribution is 7.92. The molecule has 0 aliphatic heterocycles. The Morgan fingerprint density at radius 1 is 0.969 bits per heavy atom. The van der Waals surface area contributed by atoms with Gasteiger partial charge in [0.25, 0.3) is 15.9 Å². The van der Waals surface area contributed by atoms with Gasteiger partial charge in [0.2, 0.25) is 0 Å². The van der Waals surface area contributed by atoms with E-state index in [0.29, 0.717) is 11.3 Å². The third-order valence-electron chi connectivity index (χ3n) is 5.32. The van der Waals surface area contributed by atoms with Crippen molar-refractivity contribution in [2.24, 2.45) is 0 Å². The largest absolute Gasteiger partial charge is 0.345 e. The molecule has 6 nitrogen and oxygen atoms in total. The molecule has 0 radical (unpaired) electrons. The molecule has 1 atom stereocenters. The van der Waals surface area contributed by atoms with Crippen molar-refractivity contribution in [1.29, 1.82) is 0 Å². The summed E-state index contributed by atoms with van der Waals surface area (Å²) in [5, 5.41) is 5.23. The smallest absolute Gasteiger partial charge is 0.263 e. The first-order chi connectivity index (χ1) is 15.3. The van der Waals surface area contributed by atoms with Crippen LogP contribution in [0, 0.1) is 6.92 Å². The number of sulfonamides is 1. The highest BCUT2D eigenvalue weighted by Crippen LogP contribution is 2.25. The fraction of sp³-hybridized carbons (Fsp3) is 0.120. The van der Waals surface area contributed by atoms with Gasteiger partial charge < -0.3 is 5.32 Å². The Bertz CT molecular complexity index is 1380. The van der Waals surface area contributed by atoms with Gasteiger partial charge in [-0.2, -0.15) is 0 Å². The minimum absolute atomic E-state index is 0.0520. The molecule has 0 aliphatic rings. The summed E-state index contributed by atoms with van der Waals surface area (Å²) in [5.41, 5.74) is 2.48. The molecular weight excluding hydrogens is 422 g/mol. The van der Waals surface area contributed by atoms with Crippen LogP contribution in [-0.2, 0) is 10.0 Å². The molecule has 4 aromatic rings. The first-order valence-electron chi connectivity index (χ1n) is 10.2. The number of aromatic nitrogens is 1. The number of hydrogen-bond acceptors (Lipinski definition) is 4. The Hall–Kier alpha value is -3.71. The van der Waals surface area contributed by atoms with Crippen molar-refractivity contribution in [3.05, 3.63) is 102 Å². The molecule has 0 spiro atoms. The van der Waals surface area contributed by atoms with Crippen molar-refractivity contribution in [1.82, 2.24) is 10.3 Å². The van der Waals surface area contributed by atoms with Crippen molar-refractivity contribution in [2.45, 2.75) is 24.8 Å². The summed E-state index contributed by atoms with van der Waals surface area (Å²) in [7, 11) is -3.80. The van der Waals surface area contributed by atoms with E-state index in [0.717, 1.165) is 21.9 Å². The molecule has 1 amide bonds. The zero-order valence-corrected chi connectivity index (χ0v) is 18.6. The lowest BCUT2D eigenvalue weighted by Gasteiger charge is -2.18. The second-order valence-electron chi connectivity index (χ2n) is 7.59. The Morgan fingerprint density at radius 3 is 2.53 bits per heavy atom. The van der Waals surface area contributed by atoms with E-state index in [-0.39, 0.29) is 16.8 Å². The zero-order valence-electron chi connectivity index (χ0n) is 17.7. The highest BCUT2D eigenvalue weighted by Gasteiger charge is 2.18. The Morgan fingerprint density at radius 2 is 1.75 bits per heavy atom. The van der Waals surface area contributed by atoms with E-state index in [2.05, 4.69) is 15.0 Å². The molecule has 3 aromatic carbocycles. The van der Waals surface area contributed by atoms with Gasteiger partial charge in [-0.05, 0) is 60.0 Å². The maximum absolute atomic E-state index is 13.1. The normalized spacial score (nSPS) is 12.3. The van der Waals surface area contributed by atoms with Crippen LogP contribution in [0.15, 0.2) is 90.1 Å². The topological polar surface area (TPSA) is 88.2 Å². The van der Waals surface area contributed by atoms with Crippen molar-refractivity contribution in [3.63, 3.8) is 0 Å². The average Bonchev–Trinajstić information content (AvgIpc) is 2.80. The molecule has 1 heterocycles. The summed E-state index contributed by atoms with van der Waals surface area (Å²) < 4.78 is 27.7. The second-order valence-corrected chi connectivity index (χ2v) is 9.27. The molecule has 0 fully saturated rings. The number of anilines is 1. The standard InChI is InChI=1S/C25H23N3O3S/c1-17-12-13-20(28-32(30,31)21-9-6-14-26-16-21)15-24(17)25(29)27-18(2)22-11-5-8-19-7-3-4-10-23(19)22/h3-16,18,28H,1-2H3,(H,27,29)/t18-/m1/s1. The van der Waals surface area contributed by atoms with Crippen LogP contribution in [0.4, 0.5) is 5.69 Å². The fourth-order valence-corrected chi connectivity index (χ4v) is 4.64. The van der Waals surface area contributed by atoms with E-state index < -0.39 is 10.0 Å².